The summed E-state index contributed by atoms with van der Waals surface area (Å²) in [7, 11) is 0. The lowest BCUT2D eigenvalue weighted by atomic mass is 10.2. The number of aliphatic carboxylic acids is 1. The Kier molecular flexibility index (Phi) is 5.55. The van der Waals surface area contributed by atoms with Crippen LogP contribution in [-0.2, 0) is 9.59 Å². The molecule has 0 spiro atoms. The van der Waals surface area contributed by atoms with Gasteiger partial charge in [0.05, 0.1) is 0 Å². The highest BCUT2D eigenvalue weighted by atomic mass is 79.9. The Morgan fingerprint density at radius 2 is 1.93 bits per heavy atom. The molecule has 0 unspecified atom stereocenters. The number of allylic oxidation sites excluding steroid dienone is 2. The Morgan fingerprint density at radius 1 is 1.36 bits per heavy atom. The first-order valence-electron chi connectivity index (χ1n) is 3.67. The van der Waals surface area contributed by atoms with Gasteiger partial charge in [-0.15, -0.1) is 0 Å². The molecule has 5 heteroatoms. The summed E-state index contributed by atoms with van der Waals surface area (Å²) in [4.78, 5) is 20.8. The number of carboxylic acid groups (broad SMARTS) is 1. The summed E-state index contributed by atoms with van der Waals surface area (Å²) in [5.41, 5.74) is 0.662. The molecular weight excluding hydrogens is 250 g/mol. The number of nitrogens with one attached hydrogen (secondary N) is 1. The molecule has 0 aromatic rings. The molecule has 0 saturated heterocycles. The summed E-state index contributed by atoms with van der Waals surface area (Å²) in [5.74, 6) is -2.56. The molecule has 0 aromatic heterocycles. The Hall–Kier alpha value is -1.36. The molecule has 0 fully saturated rings. The lowest BCUT2D eigenvalue weighted by Gasteiger charge is -2.04. The maximum absolute atomic E-state index is 10.7. The molecule has 4 nitrogen and oxygen atoms in total. The largest absolute Gasteiger partial charge is 0.474 e. The van der Waals surface area contributed by atoms with Gasteiger partial charge in [0.25, 0.3) is 0 Å². The molecule has 0 bridgehead atoms. The molecular formula is C9H10BrNO3. The monoisotopic (exact) mass is 259 g/mol. The van der Waals surface area contributed by atoms with Gasteiger partial charge in [0.1, 0.15) is 0 Å². The summed E-state index contributed by atoms with van der Waals surface area (Å²) in [6, 6.07) is 0. The van der Waals surface area contributed by atoms with Crippen molar-refractivity contribution in [2.75, 3.05) is 6.54 Å². The minimum atomic E-state index is -1.51. The summed E-state index contributed by atoms with van der Waals surface area (Å²) in [6.45, 7) is 7.13. The van der Waals surface area contributed by atoms with Gasteiger partial charge in [-0.25, -0.2) is 4.79 Å². The fourth-order valence-corrected chi connectivity index (χ4v) is 0.938. The van der Waals surface area contributed by atoms with Crippen molar-refractivity contribution in [3.8, 4) is 0 Å². The average Bonchev–Trinajstić information content (AvgIpc) is 2.17. The molecule has 2 N–H and O–H groups in total. The van der Waals surface area contributed by atoms with Gasteiger partial charge < -0.3 is 10.4 Å². The number of halogens is 1. The van der Waals surface area contributed by atoms with Crippen LogP contribution in [0.1, 0.15) is 0 Å². The van der Waals surface area contributed by atoms with E-state index in [1.54, 1.807) is 0 Å². The molecule has 0 rings (SSSR count). The molecule has 14 heavy (non-hydrogen) atoms. The molecule has 0 aliphatic carbocycles. The third-order valence-corrected chi connectivity index (χ3v) is 2.20. The van der Waals surface area contributed by atoms with E-state index in [-0.39, 0.29) is 6.54 Å². The quantitative estimate of drug-likeness (QED) is 0.589. The predicted octanol–water partition coefficient (Wildman–Crippen LogP) is 1.21. The van der Waals surface area contributed by atoms with Crippen molar-refractivity contribution in [3.63, 3.8) is 0 Å². The Bertz CT molecular complexity index is 307. The fraction of sp³-hybridized carbons (Fsp3) is 0.111. The van der Waals surface area contributed by atoms with Crippen LogP contribution in [0.25, 0.3) is 0 Å². The minimum Gasteiger partial charge on any atom is -0.474 e. The highest BCUT2D eigenvalue weighted by Crippen LogP contribution is 2.12. The molecule has 0 heterocycles. The first kappa shape index (κ1) is 12.6. The van der Waals surface area contributed by atoms with Crippen LogP contribution in [0.4, 0.5) is 0 Å². The summed E-state index contributed by atoms with van der Waals surface area (Å²) in [5, 5.41) is 10.5. The van der Waals surface area contributed by atoms with Crippen molar-refractivity contribution in [3.05, 3.63) is 35.4 Å². The van der Waals surface area contributed by atoms with E-state index in [9.17, 15) is 9.59 Å². The average molecular weight is 260 g/mol. The van der Waals surface area contributed by atoms with E-state index >= 15 is 0 Å². The normalized spacial score (nSPS) is 11.2. The first-order valence-corrected chi connectivity index (χ1v) is 4.46. The van der Waals surface area contributed by atoms with Crippen LogP contribution < -0.4 is 5.32 Å². The zero-order valence-electron chi connectivity index (χ0n) is 7.42. The molecule has 1 amide bonds. The van der Waals surface area contributed by atoms with Crippen LogP contribution in [-0.4, -0.2) is 23.5 Å². The van der Waals surface area contributed by atoms with Crippen molar-refractivity contribution in [1.29, 1.82) is 0 Å². The van der Waals surface area contributed by atoms with Gasteiger partial charge >= 0.3 is 11.9 Å². The van der Waals surface area contributed by atoms with Crippen LogP contribution >= 0.6 is 15.9 Å². The van der Waals surface area contributed by atoms with Gasteiger partial charge in [0.15, 0.2) is 0 Å². The van der Waals surface area contributed by atoms with Crippen LogP contribution in [0.2, 0.25) is 0 Å². The van der Waals surface area contributed by atoms with Crippen LogP contribution in [0.5, 0.6) is 0 Å². The van der Waals surface area contributed by atoms with E-state index < -0.39 is 11.9 Å². The maximum Gasteiger partial charge on any atom is 0.394 e. The number of hydrogen-bond acceptors (Lipinski definition) is 2. The number of hydrogen-bond donors (Lipinski definition) is 2. The van der Waals surface area contributed by atoms with E-state index in [0.717, 1.165) is 0 Å². The van der Waals surface area contributed by atoms with Crippen molar-refractivity contribution >= 4 is 27.8 Å². The van der Waals surface area contributed by atoms with E-state index in [1.165, 1.54) is 12.2 Å². The molecule has 0 saturated carbocycles. The summed E-state index contributed by atoms with van der Waals surface area (Å²) >= 11 is 3.18. The van der Waals surface area contributed by atoms with Crippen LogP contribution in [0.15, 0.2) is 35.4 Å². The van der Waals surface area contributed by atoms with E-state index in [2.05, 4.69) is 34.4 Å². The lowest BCUT2D eigenvalue weighted by molar-refractivity contribution is -0.150. The fourth-order valence-electron chi connectivity index (χ4n) is 0.636. The second kappa shape index (κ2) is 6.15. The topological polar surface area (TPSA) is 66.4 Å². The van der Waals surface area contributed by atoms with E-state index in [4.69, 9.17) is 5.11 Å². The highest BCUT2D eigenvalue weighted by molar-refractivity contribution is 9.11. The van der Waals surface area contributed by atoms with Crippen molar-refractivity contribution < 1.29 is 14.7 Å². The smallest absolute Gasteiger partial charge is 0.394 e. The second-order valence-electron chi connectivity index (χ2n) is 2.27. The summed E-state index contributed by atoms with van der Waals surface area (Å²) < 4.78 is 0.665. The minimum absolute atomic E-state index is 0.0984. The van der Waals surface area contributed by atoms with Crippen molar-refractivity contribution in [2.45, 2.75) is 0 Å². The number of carboxylic acids is 1. The molecule has 0 aliphatic rings. The van der Waals surface area contributed by atoms with E-state index in [0.29, 0.717) is 10.1 Å². The van der Waals surface area contributed by atoms with Gasteiger partial charge in [-0.2, -0.15) is 0 Å². The molecule has 0 aromatic carbocycles. The Morgan fingerprint density at radius 3 is 2.29 bits per heavy atom. The second-order valence-corrected chi connectivity index (χ2v) is 3.12. The molecule has 0 atom stereocenters. The van der Waals surface area contributed by atoms with Gasteiger partial charge in [-0.05, 0) is 5.57 Å². The Labute approximate surface area is 90.1 Å². The first-order chi connectivity index (χ1) is 6.52. The summed E-state index contributed by atoms with van der Waals surface area (Å²) in [6.07, 6.45) is 3.04. The molecule has 76 valence electrons. The molecule has 0 aliphatic heterocycles. The van der Waals surface area contributed by atoms with Gasteiger partial charge in [0.2, 0.25) is 0 Å². The zero-order chi connectivity index (χ0) is 11.1. The third-order valence-electron chi connectivity index (χ3n) is 1.37. The standard InChI is InChI=1S/C9H10BrNO3/c1-3-6(7(10)4-2)5-11-8(12)9(13)14/h3-4H,1-2,5H2,(H,11,12)(H,13,14)/b7-6-. The van der Waals surface area contributed by atoms with Crippen LogP contribution in [0.3, 0.4) is 0 Å². The number of amides is 1. The lowest BCUT2D eigenvalue weighted by Crippen LogP contribution is -2.32. The predicted molar refractivity (Wildman–Crippen MR) is 57.0 cm³/mol. The van der Waals surface area contributed by atoms with Crippen molar-refractivity contribution in [1.82, 2.24) is 5.32 Å². The van der Waals surface area contributed by atoms with Crippen molar-refractivity contribution in [2.24, 2.45) is 0 Å². The number of carbonyl (C=O) groups excluding carboxylic acids is 1. The highest BCUT2D eigenvalue weighted by Gasteiger charge is 2.10. The number of rotatable bonds is 4. The van der Waals surface area contributed by atoms with Gasteiger partial charge in [-0.3, -0.25) is 4.79 Å². The SMILES string of the molecule is C=C/C(Br)=C(\C=C)CNC(=O)C(=O)O. The third kappa shape index (κ3) is 4.04. The Balaban J connectivity index is 4.37. The maximum atomic E-state index is 10.7. The van der Waals surface area contributed by atoms with E-state index in [1.807, 2.05) is 0 Å². The zero-order valence-corrected chi connectivity index (χ0v) is 9.00. The van der Waals surface area contributed by atoms with Crippen LogP contribution in [0, 0.1) is 0 Å². The van der Waals surface area contributed by atoms with Gasteiger partial charge in [-0.1, -0.05) is 41.2 Å². The molecule has 0 radical (unpaired) electrons. The number of carbonyl (C=O) groups is 2. The van der Waals surface area contributed by atoms with Gasteiger partial charge in [0, 0.05) is 11.0 Å².